The van der Waals surface area contributed by atoms with Crippen molar-refractivity contribution < 1.29 is 4.68 Å². The molecule has 0 fully saturated rings. The van der Waals surface area contributed by atoms with Gasteiger partial charge in [0.25, 0.3) is 0 Å². The Hall–Kier alpha value is -0.860. The lowest BCUT2D eigenvalue weighted by atomic mass is 9.99. The molecule has 2 atom stereocenters. The Labute approximate surface area is 163 Å². The molecule has 1 aromatic heterocycles. The highest BCUT2D eigenvalue weighted by Gasteiger charge is 2.26. The van der Waals surface area contributed by atoms with E-state index in [1.165, 1.54) is 75.6 Å². The second kappa shape index (κ2) is 13.3. The normalized spacial score (nSPS) is 13.9. The summed E-state index contributed by atoms with van der Waals surface area (Å²) in [4.78, 5) is 0. The second-order valence-electron chi connectivity index (χ2n) is 8.08. The van der Waals surface area contributed by atoms with Crippen LogP contribution in [-0.4, -0.2) is 9.90 Å². The van der Waals surface area contributed by atoms with E-state index in [2.05, 4.69) is 50.9 Å². The molecule has 1 heterocycles. The molecular formula is C23H46N3+. The summed E-state index contributed by atoms with van der Waals surface area (Å²) in [5, 5.41) is 5.12. The molecule has 1 aromatic rings. The molecule has 3 heteroatoms. The van der Waals surface area contributed by atoms with E-state index >= 15 is 0 Å². The maximum Gasteiger partial charge on any atom is 0.170 e. The van der Waals surface area contributed by atoms with Crippen LogP contribution in [0.1, 0.15) is 111 Å². The van der Waals surface area contributed by atoms with Crippen molar-refractivity contribution in [1.82, 2.24) is 9.90 Å². The second-order valence-corrected chi connectivity index (χ2v) is 8.08. The van der Waals surface area contributed by atoms with Gasteiger partial charge in [0, 0.05) is 12.8 Å². The third-order valence-corrected chi connectivity index (χ3v) is 5.94. The lowest BCUT2D eigenvalue weighted by Crippen LogP contribution is -2.43. The summed E-state index contributed by atoms with van der Waals surface area (Å²) in [6.45, 7) is 16.1. The van der Waals surface area contributed by atoms with E-state index in [4.69, 9.17) is 5.21 Å². The molecule has 26 heavy (non-hydrogen) atoms. The van der Waals surface area contributed by atoms with E-state index in [0.717, 1.165) is 31.3 Å². The minimum Gasteiger partial charge on any atom is -0.134 e. The lowest BCUT2D eigenvalue weighted by molar-refractivity contribution is -0.767. The maximum atomic E-state index is 5.12. The number of nitrogens with zero attached hydrogens (tertiary/aromatic N) is 3. The molecule has 0 aliphatic rings. The Morgan fingerprint density at radius 2 is 1.46 bits per heavy atom. The number of rotatable bonds is 15. The summed E-state index contributed by atoms with van der Waals surface area (Å²) in [5.41, 5.74) is 3.00. The van der Waals surface area contributed by atoms with Gasteiger partial charge in [-0.2, -0.15) is 0 Å². The van der Waals surface area contributed by atoms with Gasteiger partial charge in [-0.1, -0.05) is 67.2 Å². The highest BCUT2D eigenvalue weighted by molar-refractivity contribution is 5.06. The zero-order valence-corrected chi connectivity index (χ0v) is 18.7. The van der Waals surface area contributed by atoms with Gasteiger partial charge in [-0.3, -0.25) is 0 Å². The van der Waals surface area contributed by atoms with Crippen molar-refractivity contribution in [3.63, 3.8) is 0 Å². The molecule has 0 saturated heterocycles. The van der Waals surface area contributed by atoms with Crippen LogP contribution in [0.3, 0.4) is 0 Å². The van der Waals surface area contributed by atoms with E-state index in [9.17, 15) is 0 Å². The molecule has 0 saturated carbocycles. The van der Waals surface area contributed by atoms with Crippen LogP contribution in [0.15, 0.2) is 0 Å². The monoisotopic (exact) mass is 364 g/mol. The van der Waals surface area contributed by atoms with Crippen LogP contribution in [0.2, 0.25) is 0 Å². The lowest BCUT2D eigenvalue weighted by Gasteiger charge is -2.12. The van der Waals surface area contributed by atoms with Crippen molar-refractivity contribution in [3.05, 3.63) is 11.4 Å². The van der Waals surface area contributed by atoms with Crippen molar-refractivity contribution >= 4 is 0 Å². The van der Waals surface area contributed by atoms with Gasteiger partial charge in [0.15, 0.2) is 11.4 Å². The Morgan fingerprint density at radius 1 is 0.846 bits per heavy atom. The molecule has 0 N–H and O–H groups in total. The first kappa shape index (κ1) is 23.2. The largest absolute Gasteiger partial charge is 0.170 e. The zero-order chi connectivity index (χ0) is 19.4. The molecule has 152 valence electrons. The van der Waals surface area contributed by atoms with Crippen molar-refractivity contribution in [2.75, 3.05) is 0 Å². The highest BCUT2D eigenvalue weighted by Crippen LogP contribution is 2.19. The number of hydrogen-bond acceptors (Lipinski definition) is 1. The molecule has 1 rings (SSSR count). The van der Waals surface area contributed by atoms with Crippen LogP contribution in [0.4, 0.5) is 0 Å². The zero-order valence-electron chi connectivity index (χ0n) is 18.7. The molecule has 0 aliphatic heterocycles. The quantitative estimate of drug-likeness (QED) is 0.344. The highest BCUT2D eigenvalue weighted by atomic mass is 15.5. The Balaban J connectivity index is 3.03. The first-order chi connectivity index (χ1) is 12.6. The number of hydrogen-bond donors (Lipinski definition) is 0. The first-order valence-electron chi connectivity index (χ1n) is 11.6. The van der Waals surface area contributed by atoms with Gasteiger partial charge in [-0.15, -0.1) is 9.36 Å². The van der Waals surface area contributed by atoms with Crippen LogP contribution < -0.4 is 4.68 Å². The Morgan fingerprint density at radius 3 is 1.96 bits per heavy atom. The molecule has 2 unspecified atom stereocenters. The van der Waals surface area contributed by atoms with E-state index in [1.807, 2.05) is 0 Å². The van der Waals surface area contributed by atoms with Gasteiger partial charge in [-0.05, 0) is 43.9 Å². The Bertz CT molecular complexity index is 478. The van der Waals surface area contributed by atoms with Gasteiger partial charge >= 0.3 is 0 Å². The van der Waals surface area contributed by atoms with Crippen LogP contribution in [0, 0.1) is 11.8 Å². The smallest absolute Gasteiger partial charge is 0.134 e. The van der Waals surface area contributed by atoms with E-state index in [1.54, 1.807) is 0 Å². The first-order valence-corrected chi connectivity index (χ1v) is 11.6. The molecule has 0 bridgehead atoms. The third kappa shape index (κ3) is 7.04. The fourth-order valence-corrected chi connectivity index (χ4v) is 4.05. The van der Waals surface area contributed by atoms with Crippen LogP contribution in [-0.2, 0) is 25.9 Å². The van der Waals surface area contributed by atoms with Crippen molar-refractivity contribution in [2.45, 2.75) is 125 Å². The molecule has 0 aliphatic carbocycles. The molecule has 3 nitrogen and oxygen atoms in total. The summed E-state index contributed by atoms with van der Waals surface area (Å²) in [6.07, 6.45) is 14.0. The van der Waals surface area contributed by atoms with Crippen molar-refractivity contribution in [1.29, 1.82) is 0 Å². The SMILES string of the molecule is CCCCC(CC)Cn1n[n+](CC(CC)CCCC)c(CC)c1CCC. The van der Waals surface area contributed by atoms with Crippen LogP contribution in [0.5, 0.6) is 0 Å². The predicted molar refractivity (Wildman–Crippen MR) is 112 cm³/mol. The van der Waals surface area contributed by atoms with E-state index in [-0.39, 0.29) is 0 Å². The molecule has 0 radical (unpaired) electrons. The molecule has 0 aromatic carbocycles. The fraction of sp³-hybridized carbons (Fsp3) is 0.913. The average Bonchev–Trinajstić information content (AvgIpc) is 2.98. The number of aromatic nitrogens is 3. The summed E-state index contributed by atoms with van der Waals surface area (Å²) in [5.74, 6) is 1.54. The number of unbranched alkanes of at least 4 members (excludes halogenated alkanes) is 2. The average molecular weight is 365 g/mol. The summed E-state index contributed by atoms with van der Waals surface area (Å²) < 4.78 is 4.76. The molecule has 0 amide bonds. The van der Waals surface area contributed by atoms with Gasteiger partial charge in [0.05, 0.1) is 5.21 Å². The van der Waals surface area contributed by atoms with Crippen LogP contribution >= 0.6 is 0 Å². The minimum absolute atomic E-state index is 0.769. The van der Waals surface area contributed by atoms with Crippen LogP contribution in [0.25, 0.3) is 0 Å². The third-order valence-electron chi connectivity index (χ3n) is 5.94. The van der Waals surface area contributed by atoms with Gasteiger partial charge in [0.2, 0.25) is 0 Å². The molecule has 0 spiro atoms. The van der Waals surface area contributed by atoms with E-state index < -0.39 is 0 Å². The predicted octanol–water partition coefficient (Wildman–Crippen LogP) is 6.12. The minimum atomic E-state index is 0.769. The van der Waals surface area contributed by atoms with Crippen molar-refractivity contribution in [3.8, 4) is 0 Å². The van der Waals surface area contributed by atoms with Gasteiger partial charge < -0.3 is 0 Å². The van der Waals surface area contributed by atoms with Gasteiger partial charge in [0.1, 0.15) is 13.1 Å². The van der Waals surface area contributed by atoms with E-state index in [0.29, 0.717) is 0 Å². The fourth-order valence-electron chi connectivity index (χ4n) is 4.05. The summed E-state index contributed by atoms with van der Waals surface area (Å²) in [7, 11) is 0. The summed E-state index contributed by atoms with van der Waals surface area (Å²) in [6, 6.07) is 0. The molecular weight excluding hydrogens is 318 g/mol. The summed E-state index contributed by atoms with van der Waals surface area (Å²) >= 11 is 0. The maximum absolute atomic E-state index is 5.12. The van der Waals surface area contributed by atoms with Gasteiger partial charge in [-0.25, -0.2) is 0 Å². The Kier molecular flexibility index (Phi) is 11.9. The van der Waals surface area contributed by atoms with Crippen molar-refractivity contribution in [2.24, 2.45) is 11.8 Å². The topological polar surface area (TPSA) is 21.7 Å². The standard InChI is InChI=1S/C23H46N3/c1-7-13-16-20(10-4)18-25-22(12-6)23(15-9-3)26(24-25)19-21(11-5)17-14-8-2/h20-21H,7-19H2,1-6H3/q+1.